The Balaban J connectivity index is 2.11. The number of halogens is 1. The third kappa shape index (κ3) is 3.91. The van der Waals surface area contributed by atoms with E-state index in [0.717, 1.165) is 10.4 Å². The quantitative estimate of drug-likeness (QED) is 0.831. The van der Waals surface area contributed by atoms with Gasteiger partial charge in [-0.1, -0.05) is 12.1 Å². The van der Waals surface area contributed by atoms with Crippen molar-refractivity contribution in [2.24, 2.45) is 0 Å². The van der Waals surface area contributed by atoms with Gasteiger partial charge >= 0.3 is 5.97 Å². The number of rotatable bonds is 6. The Labute approximate surface area is 132 Å². The molecule has 2 rings (SSSR count). The van der Waals surface area contributed by atoms with Crippen LogP contribution in [0.1, 0.15) is 26.2 Å². The lowest BCUT2D eigenvalue weighted by molar-refractivity contribution is 0.0606. The van der Waals surface area contributed by atoms with Crippen LogP contribution < -0.4 is 0 Å². The molecule has 6 heteroatoms. The number of hydrogen-bond acceptors (Lipinski definition) is 5. The number of aliphatic hydroxyl groups is 1. The van der Waals surface area contributed by atoms with Crippen LogP contribution in [-0.2, 0) is 11.3 Å². The fourth-order valence-corrected chi connectivity index (χ4v) is 3.23. The SMILES string of the molecule is COC(=O)c1ccc(CN(C)[C@H](CO)c2cccc(F)c2)s1. The van der Waals surface area contributed by atoms with Crippen molar-refractivity contribution in [2.75, 3.05) is 20.8 Å². The van der Waals surface area contributed by atoms with Crippen molar-refractivity contribution in [1.82, 2.24) is 4.90 Å². The molecule has 0 unspecified atom stereocenters. The van der Waals surface area contributed by atoms with Crippen molar-refractivity contribution in [1.29, 1.82) is 0 Å². The number of methoxy groups -OCH3 is 1. The molecule has 0 radical (unpaired) electrons. The maximum atomic E-state index is 13.3. The third-order valence-electron chi connectivity index (χ3n) is 3.39. The highest BCUT2D eigenvalue weighted by molar-refractivity contribution is 7.13. The van der Waals surface area contributed by atoms with Crippen LogP contribution in [0, 0.1) is 5.82 Å². The van der Waals surface area contributed by atoms with Gasteiger partial charge in [-0.25, -0.2) is 9.18 Å². The van der Waals surface area contributed by atoms with Crippen LogP contribution in [0.4, 0.5) is 4.39 Å². The van der Waals surface area contributed by atoms with Gasteiger partial charge in [0.1, 0.15) is 10.7 Å². The molecule has 1 aromatic heterocycles. The van der Waals surface area contributed by atoms with Crippen LogP contribution in [0.15, 0.2) is 36.4 Å². The predicted molar refractivity (Wildman–Crippen MR) is 83.4 cm³/mol. The molecule has 1 heterocycles. The lowest BCUT2D eigenvalue weighted by Gasteiger charge is -2.26. The number of nitrogens with zero attached hydrogens (tertiary/aromatic N) is 1. The summed E-state index contributed by atoms with van der Waals surface area (Å²) in [5.41, 5.74) is 0.717. The van der Waals surface area contributed by atoms with E-state index in [0.29, 0.717) is 11.4 Å². The summed E-state index contributed by atoms with van der Waals surface area (Å²) in [4.78, 5) is 14.9. The van der Waals surface area contributed by atoms with E-state index in [9.17, 15) is 14.3 Å². The Morgan fingerprint density at radius 2 is 2.18 bits per heavy atom. The van der Waals surface area contributed by atoms with Crippen LogP contribution >= 0.6 is 11.3 Å². The summed E-state index contributed by atoms with van der Waals surface area (Å²) in [7, 11) is 3.20. The molecule has 2 aromatic rings. The fourth-order valence-electron chi connectivity index (χ4n) is 2.24. The highest BCUT2D eigenvalue weighted by Gasteiger charge is 2.18. The summed E-state index contributed by atoms with van der Waals surface area (Å²) in [6.45, 7) is 0.429. The van der Waals surface area contributed by atoms with Crippen molar-refractivity contribution >= 4 is 17.3 Å². The molecule has 0 amide bonds. The van der Waals surface area contributed by atoms with E-state index in [4.69, 9.17) is 0 Å². The van der Waals surface area contributed by atoms with E-state index in [-0.39, 0.29) is 24.4 Å². The van der Waals surface area contributed by atoms with Crippen LogP contribution in [0.5, 0.6) is 0 Å². The zero-order valence-electron chi connectivity index (χ0n) is 12.5. The summed E-state index contributed by atoms with van der Waals surface area (Å²) in [6.07, 6.45) is 0. The van der Waals surface area contributed by atoms with Gasteiger partial charge in [0, 0.05) is 11.4 Å². The van der Waals surface area contributed by atoms with Gasteiger partial charge in [0.15, 0.2) is 0 Å². The molecular formula is C16H18FNO3S. The van der Waals surface area contributed by atoms with Gasteiger partial charge in [-0.2, -0.15) is 0 Å². The topological polar surface area (TPSA) is 49.8 Å². The molecule has 0 saturated heterocycles. The highest BCUT2D eigenvalue weighted by atomic mass is 32.1. The van der Waals surface area contributed by atoms with Crippen molar-refractivity contribution in [3.05, 3.63) is 57.5 Å². The number of carbonyl (C=O) groups excluding carboxylic acids is 1. The number of carbonyl (C=O) groups is 1. The fraction of sp³-hybridized carbons (Fsp3) is 0.312. The molecule has 0 spiro atoms. The van der Waals surface area contributed by atoms with E-state index in [2.05, 4.69) is 4.74 Å². The Hall–Kier alpha value is -1.76. The minimum absolute atomic E-state index is 0.116. The smallest absolute Gasteiger partial charge is 0.348 e. The van der Waals surface area contributed by atoms with Crippen molar-refractivity contribution in [2.45, 2.75) is 12.6 Å². The van der Waals surface area contributed by atoms with Gasteiger partial charge in [0.05, 0.1) is 19.8 Å². The Bertz CT molecular complexity index is 644. The average molecular weight is 323 g/mol. The Morgan fingerprint density at radius 3 is 2.82 bits per heavy atom. The lowest BCUT2D eigenvalue weighted by Crippen LogP contribution is -2.26. The molecule has 1 aromatic carbocycles. The first-order valence-corrected chi connectivity index (χ1v) is 7.60. The van der Waals surface area contributed by atoms with E-state index in [1.165, 1.54) is 30.6 Å². The Kier molecular flexibility index (Phi) is 5.65. The molecule has 0 aliphatic rings. The van der Waals surface area contributed by atoms with Crippen molar-refractivity contribution < 1.29 is 19.0 Å². The van der Waals surface area contributed by atoms with Crippen LogP contribution in [0.3, 0.4) is 0 Å². The Morgan fingerprint density at radius 1 is 1.41 bits per heavy atom. The standard InChI is InChI=1S/C16H18FNO3S/c1-18(9-13-6-7-15(22-13)16(20)21-2)14(10-19)11-4-3-5-12(17)8-11/h3-8,14,19H,9-10H2,1-2H3/t14-/m1/s1. The molecule has 0 aliphatic heterocycles. The van der Waals surface area contributed by atoms with Gasteiger partial charge in [-0.15, -0.1) is 11.3 Å². The number of benzene rings is 1. The predicted octanol–water partition coefficient (Wildman–Crippen LogP) is 2.84. The minimum atomic E-state index is -0.359. The van der Waals surface area contributed by atoms with Crippen molar-refractivity contribution in [3.63, 3.8) is 0 Å². The van der Waals surface area contributed by atoms with E-state index < -0.39 is 0 Å². The number of ether oxygens (including phenoxy) is 1. The minimum Gasteiger partial charge on any atom is -0.465 e. The summed E-state index contributed by atoms with van der Waals surface area (Å²) in [5, 5.41) is 9.62. The molecule has 0 bridgehead atoms. The van der Waals surface area contributed by atoms with Gasteiger partial charge < -0.3 is 9.84 Å². The van der Waals surface area contributed by atoms with Gasteiger partial charge in [0.2, 0.25) is 0 Å². The first-order chi connectivity index (χ1) is 10.5. The average Bonchev–Trinajstić information content (AvgIpc) is 2.95. The van der Waals surface area contributed by atoms with Crippen molar-refractivity contribution in [3.8, 4) is 0 Å². The number of esters is 1. The summed E-state index contributed by atoms with van der Waals surface area (Å²) >= 11 is 1.35. The number of aliphatic hydroxyl groups excluding tert-OH is 1. The summed E-state index contributed by atoms with van der Waals surface area (Å²) < 4.78 is 18.0. The van der Waals surface area contributed by atoms with Gasteiger partial charge in [-0.3, -0.25) is 4.90 Å². The highest BCUT2D eigenvalue weighted by Crippen LogP contribution is 2.24. The second kappa shape index (κ2) is 7.49. The molecule has 0 saturated carbocycles. The number of hydrogen-bond donors (Lipinski definition) is 1. The maximum absolute atomic E-state index is 13.3. The molecule has 22 heavy (non-hydrogen) atoms. The van der Waals surface area contributed by atoms with Crippen LogP contribution in [-0.4, -0.2) is 36.7 Å². The van der Waals surface area contributed by atoms with E-state index in [1.807, 2.05) is 18.0 Å². The largest absolute Gasteiger partial charge is 0.465 e. The molecule has 118 valence electrons. The van der Waals surface area contributed by atoms with Gasteiger partial charge in [-0.05, 0) is 36.9 Å². The lowest BCUT2D eigenvalue weighted by atomic mass is 10.1. The first kappa shape index (κ1) is 16.6. The van der Waals surface area contributed by atoms with Crippen LogP contribution in [0.25, 0.3) is 0 Å². The van der Waals surface area contributed by atoms with Crippen LogP contribution in [0.2, 0.25) is 0 Å². The zero-order valence-corrected chi connectivity index (χ0v) is 13.3. The molecule has 4 nitrogen and oxygen atoms in total. The zero-order chi connectivity index (χ0) is 16.1. The first-order valence-electron chi connectivity index (χ1n) is 6.78. The monoisotopic (exact) mass is 323 g/mol. The third-order valence-corrected chi connectivity index (χ3v) is 4.44. The summed E-state index contributed by atoms with van der Waals surface area (Å²) in [5.74, 6) is -0.684. The summed E-state index contributed by atoms with van der Waals surface area (Å²) in [6, 6.07) is 9.48. The molecule has 1 atom stereocenters. The normalized spacial score (nSPS) is 12.4. The van der Waals surface area contributed by atoms with E-state index in [1.54, 1.807) is 18.2 Å². The van der Waals surface area contributed by atoms with Gasteiger partial charge in [0.25, 0.3) is 0 Å². The molecule has 1 N–H and O–H groups in total. The molecule has 0 aliphatic carbocycles. The number of thiophene rings is 1. The second-order valence-corrected chi connectivity index (χ2v) is 6.09. The molecular weight excluding hydrogens is 305 g/mol. The number of likely N-dealkylation sites (N-methyl/N-ethyl adjacent to an activating group) is 1. The maximum Gasteiger partial charge on any atom is 0.348 e. The van der Waals surface area contributed by atoms with E-state index >= 15 is 0 Å². The second-order valence-electron chi connectivity index (χ2n) is 4.93. The molecule has 0 fully saturated rings.